The molecule has 1 aliphatic heterocycles. The van der Waals surface area contributed by atoms with Crippen molar-refractivity contribution >= 4 is 29.2 Å². The van der Waals surface area contributed by atoms with Crippen molar-refractivity contribution in [2.75, 3.05) is 6.54 Å². The van der Waals surface area contributed by atoms with E-state index in [2.05, 4.69) is 15.3 Å². The summed E-state index contributed by atoms with van der Waals surface area (Å²) in [4.78, 5) is 78.0. The highest BCUT2D eigenvalue weighted by Crippen LogP contribution is 2.48. The van der Waals surface area contributed by atoms with E-state index in [1.54, 1.807) is 20.8 Å². The molecule has 4 fully saturated rings. The van der Waals surface area contributed by atoms with Crippen molar-refractivity contribution in [1.29, 1.82) is 0 Å². The Morgan fingerprint density at radius 3 is 2.25 bits per heavy atom. The predicted molar refractivity (Wildman–Crippen MR) is 189 cm³/mol. The van der Waals surface area contributed by atoms with Gasteiger partial charge in [-0.3, -0.25) is 29.0 Å². The molecule has 2 amide bonds. The van der Waals surface area contributed by atoms with Crippen LogP contribution in [-0.4, -0.2) is 68.8 Å². The summed E-state index contributed by atoms with van der Waals surface area (Å²) in [5.74, 6) is -6.61. The normalized spacial score (nSPS) is 24.8. The van der Waals surface area contributed by atoms with Gasteiger partial charge in [-0.15, -0.1) is 0 Å². The second-order valence-electron chi connectivity index (χ2n) is 17.2. The van der Waals surface area contributed by atoms with Gasteiger partial charge in [0.1, 0.15) is 5.69 Å². The van der Waals surface area contributed by atoms with Gasteiger partial charge in [-0.25, -0.2) is 4.98 Å². The molecule has 0 radical (unpaired) electrons. The number of nitrogens with one attached hydrogen (secondary N) is 1. The number of hydrogen-bond acceptors (Lipinski definition) is 7. The first-order chi connectivity index (χ1) is 24.6. The molecule has 0 bridgehead atoms. The van der Waals surface area contributed by atoms with Gasteiger partial charge in [-0.2, -0.15) is 13.2 Å². The summed E-state index contributed by atoms with van der Waals surface area (Å²) in [6.07, 6.45) is 7.46. The molecule has 1 N–H and O–H groups in total. The molecule has 1 saturated heterocycles. The molecule has 2 heterocycles. The van der Waals surface area contributed by atoms with Crippen molar-refractivity contribution in [3.63, 3.8) is 0 Å². The first-order valence-corrected chi connectivity index (χ1v) is 19.6. The second kappa shape index (κ2) is 16.9. The lowest BCUT2D eigenvalue weighted by Crippen LogP contribution is -2.54. The van der Waals surface area contributed by atoms with Gasteiger partial charge in [0.2, 0.25) is 11.7 Å². The maximum atomic E-state index is 15.4. The fourth-order valence-electron chi connectivity index (χ4n) is 9.34. The number of aromatic nitrogens is 2. The molecule has 288 valence electrons. The highest BCUT2D eigenvalue weighted by Gasteiger charge is 2.55. The van der Waals surface area contributed by atoms with Crippen LogP contribution in [0.25, 0.3) is 0 Å². The number of rotatable bonds is 16. The third kappa shape index (κ3) is 9.67. The number of alkyl halides is 3. The van der Waals surface area contributed by atoms with Crippen molar-refractivity contribution < 1.29 is 37.1 Å². The molecule has 12 heteroatoms. The van der Waals surface area contributed by atoms with E-state index in [0.717, 1.165) is 51.4 Å². The summed E-state index contributed by atoms with van der Waals surface area (Å²) in [6.45, 7) is 7.45. The van der Waals surface area contributed by atoms with E-state index >= 15 is 13.2 Å². The number of amides is 2. The van der Waals surface area contributed by atoms with Crippen molar-refractivity contribution in [1.82, 2.24) is 20.2 Å². The Kier molecular flexibility index (Phi) is 13.0. The molecular formula is C40H57F3N4O5. The van der Waals surface area contributed by atoms with Crippen molar-refractivity contribution in [3.8, 4) is 0 Å². The predicted octanol–water partition coefficient (Wildman–Crippen LogP) is 7.33. The molecule has 7 atom stereocenters. The van der Waals surface area contributed by atoms with Crippen molar-refractivity contribution in [3.05, 3.63) is 24.3 Å². The molecule has 9 nitrogen and oxygen atoms in total. The lowest BCUT2D eigenvalue weighted by Gasteiger charge is -2.42. The van der Waals surface area contributed by atoms with Crippen LogP contribution in [0, 0.1) is 46.8 Å². The van der Waals surface area contributed by atoms with Crippen molar-refractivity contribution in [2.45, 2.75) is 142 Å². The van der Waals surface area contributed by atoms with Gasteiger partial charge in [0.25, 0.3) is 5.91 Å². The number of carbonyl (C=O) groups excluding carboxylic acids is 5. The van der Waals surface area contributed by atoms with E-state index in [-0.39, 0.29) is 48.6 Å². The van der Waals surface area contributed by atoms with Gasteiger partial charge >= 0.3 is 6.18 Å². The number of likely N-dealkylation sites (tertiary alicyclic amines) is 1. The van der Waals surface area contributed by atoms with E-state index in [0.29, 0.717) is 25.7 Å². The van der Waals surface area contributed by atoms with Crippen LogP contribution in [0.15, 0.2) is 18.6 Å². The largest absolute Gasteiger partial charge is 0.393 e. The third-order valence-corrected chi connectivity index (χ3v) is 12.3. The lowest BCUT2D eigenvalue weighted by atomic mass is 9.70. The number of fused-ring (bicyclic) bond motifs is 1. The number of hydrogen-bond donors (Lipinski definition) is 1. The number of nitrogens with zero attached hydrogens (tertiary/aromatic N) is 3. The lowest BCUT2D eigenvalue weighted by molar-refractivity contribution is -0.194. The number of halogens is 3. The highest BCUT2D eigenvalue weighted by molar-refractivity contribution is 6.38. The summed E-state index contributed by atoms with van der Waals surface area (Å²) in [5, 5.41) is 2.70. The van der Waals surface area contributed by atoms with E-state index < -0.39 is 77.1 Å². The fourth-order valence-corrected chi connectivity index (χ4v) is 9.34. The van der Waals surface area contributed by atoms with Crippen molar-refractivity contribution in [2.24, 2.45) is 46.8 Å². The highest BCUT2D eigenvalue weighted by atomic mass is 19.4. The minimum Gasteiger partial charge on any atom is -0.347 e. The Morgan fingerprint density at radius 2 is 1.65 bits per heavy atom. The minimum atomic E-state index is -4.74. The first kappa shape index (κ1) is 40.0. The monoisotopic (exact) mass is 730 g/mol. The maximum absolute atomic E-state index is 15.4. The van der Waals surface area contributed by atoms with Gasteiger partial charge in [0.05, 0.1) is 18.2 Å². The Bertz CT molecular complexity index is 1440. The summed E-state index contributed by atoms with van der Waals surface area (Å²) in [6, 6.07) is -2.12. The van der Waals surface area contributed by atoms with E-state index in [4.69, 9.17) is 0 Å². The number of Topliss-reactive ketones (excluding diaryl/α,β-unsaturated/α-hetero) is 3. The smallest absolute Gasteiger partial charge is 0.347 e. The average molecular weight is 731 g/mol. The maximum Gasteiger partial charge on any atom is 0.393 e. The van der Waals surface area contributed by atoms with E-state index in [9.17, 15) is 24.0 Å². The van der Waals surface area contributed by atoms with Crippen LogP contribution in [0.1, 0.15) is 134 Å². The molecule has 0 aromatic carbocycles. The second-order valence-corrected chi connectivity index (χ2v) is 17.2. The Hall–Kier alpha value is -3.18. The third-order valence-electron chi connectivity index (χ3n) is 12.3. The molecule has 3 aliphatic carbocycles. The zero-order valence-corrected chi connectivity index (χ0v) is 31.3. The molecule has 4 aliphatic rings. The molecular weight excluding hydrogens is 673 g/mol. The van der Waals surface area contributed by atoms with Crippen LogP contribution in [0.2, 0.25) is 0 Å². The summed E-state index contributed by atoms with van der Waals surface area (Å²) in [5.41, 5.74) is -0.986. The van der Waals surface area contributed by atoms with Crippen LogP contribution in [-0.2, 0) is 19.2 Å². The Morgan fingerprint density at radius 1 is 0.942 bits per heavy atom. The molecule has 1 aromatic heterocycles. The zero-order valence-electron chi connectivity index (χ0n) is 31.3. The quantitative estimate of drug-likeness (QED) is 0.177. The van der Waals surface area contributed by atoms with Gasteiger partial charge in [-0.05, 0) is 80.5 Å². The first-order valence-electron chi connectivity index (χ1n) is 19.6. The van der Waals surface area contributed by atoms with Crippen LogP contribution >= 0.6 is 0 Å². The summed E-state index contributed by atoms with van der Waals surface area (Å²) < 4.78 is 46.1. The molecule has 3 saturated carbocycles. The van der Waals surface area contributed by atoms with E-state index in [1.165, 1.54) is 23.5 Å². The summed E-state index contributed by atoms with van der Waals surface area (Å²) >= 11 is 0. The Labute approximate surface area is 306 Å². The van der Waals surface area contributed by atoms with Gasteiger partial charge in [-0.1, -0.05) is 59.8 Å². The molecule has 0 unspecified atom stereocenters. The van der Waals surface area contributed by atoms with Gasteiger partial charge < -0.3 is 10.2 Å². The minimum absolute atomic E-state index is 0.0509. The fraction of sp³-hybridized carbons (Fsp3) is 0.775. The number of ketones is 3. The van der Waals surface area contributed by atoms with Crippen LogP contribution in [0.4, 0.5) is 13.2 Å². The Balaban J connectivity index is 1.43. The van der Waals surface area contributed by atoms with Gasteiger partial charge in [0, 0.05) is 49.7 Å². The SMILES string of the molecule is CCC[C@H](CC(=O)[C@@H]1[C@H]2CCC[C@H]2CN1C(=O)[C@@H](C[C@H]([C@H](NC(=O)c1cnccn1)C1CCCCC1)C(F)(F)F)C(C)(C)C)C(=O)C(=O)CC1CC1. The van der Waals surface area contributed by atoms with Crippen LogP contribution < -0.4 is 5.32 Å². The zero-order chi connectivity index (χ0) is 37.8. The standard InChI is InChI=1S/C40H57F3N4O5/c1-5-10-26(36(50)33(49)19-24-15-16-24)20-32(48)35-28-14-9-13-27(28)23-47(35)38(52)30(39(2,3)4)21-29(40(41,42)43)34(25-11-7-6-8-12-25)46-37(51)31-22-44-17-18-45-31/h17-18,22,24-30,34-35H,5-16,19-21,23H2,1-4H3,(H,46,51)/t26-,27+,28+,29-,30-,34-,35+/m1/s1. The van der Waals surface area contributed by atoms with Crippen LogP contribution in [0.3, 0.4) is 0 Å². The molecule has 0 spiro atoms. The van der Waals surface area contributed by atoms with Crippen LogP contribution in [0.5, 0.6) is 0 Å². The summed E-state index contributed by atoms with van der Waals surface area (Å²) in [7, 11) is 0. The topological polar surface area (TPSA) is 126 Å². The molecule has 52 heavy (non-hydrogen) atoms. The average Bonchev–Trinajstić information content (AvgIpc) is 3.66. The molecule has 5 rings (SSSR count). The molecule has 1 aromatic rings. The number of carbonyl (C=O) groups is 5. The van der Waals surface area contributed by atoms with Gasteiger partial charge in [0.15, 0.2) is 11.6 Å². The van der Waals surface area contributed by atoms with E-state index in [1.807, 2.05) is 6.92 Å².